The van der Waals surface area contributed by atoms with E-state index in [0.717, 1.165) is 0 Å². The average molecular weight is 660 g/mol. The van der Waals surface area contributed by atoms with Gasteiger partial charge in [0.1, 0.15) is 5.75 Å². The van der Waals surface area contributed by atoms with Crippen molar-refractivity contribution in [3.8, 4) is 5.75 Å². The molecular weight excluding hydrogens is 632 g/mol. The number of aryl methyl sites for hydroxylation is 1. The van der Waals surface area contributed by atoms with E-state index in [2.05, 4.69) is 81.4 Å². The van der Waals surface area contributed by atoms with Crippen LogP contribution in [0.5, 0.6) is 5.75 Å². The van der Waals surface area contributed by atoms with Gasteiger partial charge in [-0.15, -0.1) is 0 Å². The molecule has 3 nitrogen and oxygen atoms in total. The van der Waals surface area contributed by atoms with E-state index >= 15 is 0 Å². The predicted molar refractivity (Wildman–Crippen MR) is 129 cm³/mol. The van der Waals surface area contributed by atoms with E-state index in [1.807, 2.05) is 12.1 Å². The maximum atomic E-state index is 11.5. The molecule has 0 aliphatic rings. The number of benzene rings is 3. The Morgan fingerprint density at radius 2 is 1.41 bits per heavy atom. The fourth-order valence-corrected chi connectivity index (χ4v) is 6.15. The summed E-state index contributed by atoms with van der Waals surface area (Å²) in [5.41, 5.74) is 3.73. The molecule has 0 amide bonds. The molecule has 3 aromatic rings. The van der Waals surface area contributed by atoms with Gasteiger partial charge in [-0.25, -0.2) is 4.79 Å². The summed E-state index contributed by atoms with van der Waals surface area (Å²) in [6.45, 7) is 8.73. The second kappa shape index (κ2) is 11.2. The summed E-state index contributed by atoms with van der Waals surface area (Å²) in [5.74, 6) is 0.318. The minimum atomic E-state index is -10.7. The molecule has 3 aromatic carbocycles. The molecule has 11 heteroatoms. The Labute approximate surface area is 222 Å². The second-order valence-corrected chi connectivity index (χ2v) is 13.4. The van der Waals surface area contributed by atoms with Gasteiger partial charge in [-0.05, 0) is 49.7 Å². The van der Waals surface area contributed by atoms with Crippen molar-refractivity contribution in [2.75, 3.05) is 13.2 Å². The monoisotopic (exact) mass is 660 g/mol. The number of carbonyl (C=O) groups excluding carboxylic acids is 1. The van der Waals surface area contributed by atoms with Gasteiger partial charge in [0.2, 0.25) is 0 Å². The molecule has 0 fully saturated rings. The molecule has 0 bridgehead atoms. The summed E-state index contributed by atoms with van der Waals surface area (Å²) in [5, 5.41) is 0. The van der Waals surface area contributed by atoms with Crippen LogP contribution in [0.25, 0.3) is 0 Å². The van der Waals surface area contributed by atoms with E-state index < -0.39 is 7.81 Å². The number of esters is 1. The third kappa shape index (κ3) is 12.2. The van der Waals surface area contributed by atoms with Gasteiger partial charge in [0.25, 0.3) is 0 Å². The summed E-state index contributed by atoms with van der Waals surface area (Å²) >= 11 is -0.264. The summed E-state index contributed by atoms with van der Waals surface area (Å²) in [4.78, 5) is 11.5. The summed E-state index contributed by atoms with van der Waals surface area (Å²) in [6.07, 6.45) is 0. The Bertz CT molecular complexity index is 1190. The zero-order valence-electron chi connectivity index (χ0n) is 20.7. The van der Waals surface area contributed by atoms with Crippen molar-refractivity contribution in [3.63, 3.8) is 0 Å². The molecule has 0 aromatic heterocycles. The van der Waals surface area contributed by atoms with Gasteiger partial charge in [-0.1, -0.05) is 61.9 Å². The van der Waals surface area contributed by atoms with Gasteiger partial charge in [0, 0.05) is 11.0 Å². The Hall–Kier alpha value is -2.33. The molecular formula is C26H28F6IO3P. The van der Waals surface area contributed by atoms with Crippen LogP contribution in [0.2, 0.25) is 0 Å². The zero-order valence-corrected chi connectivity index (χ0v) is 23.7. The van der Waals surface area contributed by atoms with Gasteiger partial charge in [0.15, 0.2) is 13.7 Å². The third-order valence-electron chi connectivity index (χ3n) is 5.01. The van der Waals surface area contributed by atoms with E-state index in [0.29, 0.717) is 12.4 Å². The van der Waals surface area contributed by atoms with Crippen molar-refractivity contribution >= 4 is 13.8 Å². The Morgan fingerprint density at radius 3 is 1.95 bits per heavy atom. The standard InChI is InChI=1S/C26H28IO3.F6P/c1-5-29-25(28)18-30-22-16-12-20(13-17-22)26(3,4)23-8-6-7-9-24(23)27-21-14-10-19(2)11-15-21;1-7(2,3,4,5)6/h6-17H,5,18H2,1-4H3;/q+1;-1. The fraction of sp³-hybridized carbons (Fsp3) is 0.269. The number of ether oxygens (including phenoxy) is 2. The first-order valence-electron chi connectivity index (χ1n) is 11.1. The molecule has 0 N–H and O–H groups in total. The quantitative estimate of drug-likeness (QED) is 0.133. The van der Waals surface area contributed by atoms with E-state index in [1.54, 1.807) is 6.92 Å². The Morgan fingerprint density at radius 1 is 0.865 bits per heavy atom. The number of rotatable bonds is 8. The molecule has 0 saturated heterocycles. The molecule has 0 saturated carbocycles. The normalized spacial score (nSPS) is 13.5. The van der Waals surface area contributed by atoms with Crippen molar-refractivity contribution in [1.82, 2.24) is 0 Å². The first-order chi connectivity index (χ1) is 16.8. The zero-order chi connectivity index (χ0) is 28.0. The Kier molecular flexibility index (Phi) is 9.34. The van der Waals surface area contributed by atoms with Crippen LogP contribution in [-0.4, -0.2) is 19.2 Å². The summed E-state index contributed by atoms with van der Waals surface area (Å²) in [6, 6.07) is 25.7. The van der Waals surface area contributed by atoms with E-state index in [-0.39, 0.29) is 39.2 Å². The predicted octanol–water partition coefficient (Wildman–Crippen LogP) is 5.77. The molecule has 0 radical (unpaired) electrons. The second-order valence-electron chi connectivity index (χ2n) is 8.57. The average Bonchev–Trinajstić information content (AvgIpc) is 2.78. The van der Waals surface area contributed by atoms with Gasteiger partial charge in [-0.2, -0.15) is 0 Å². The van der Waals surface area contributed by atoms with Crippen molar-refractivity contribution < 1.29 is 60.7 Å². The van der Waals surface area contributed by atoms with Crippen LogP contribution in [-0.2, 0) is 14.9 Å². The van der Waals surface area contributed by atoms with E-state index in [9.17, 15) is 30.0 Å². The molecule has 0 aliphatic carbocycles. The third-order valence-corrected chi connectivity index (χ3v) is 7.87. The molecule has 0 spiro atoms. The summed E-state index contributed by atoms with van der Waals surface area (Å²) < 4.78 is 72.5. The van der Waals surface area contributed by atoms with Gasteiger partial charge in [0.05, 0.1) is 6.61 Å². The molecule has 0 heterocycles. The van der Waals surface area contributed by atoms with Crippen LogP contribution in [0.15, 0.2) is 72.8 Å². The van der Waals surface area contributed by atoms with Crippen LogP contribution in [0.1, 0.15) is 37.5 Å². The fourth-order valence-electron chi connectivity index (χ4n) is 3.23. The van der Waals surface area contributed by atoms with Gasteiger partial charge < -0.3 is 9.47 Å². The van der Waals surface area contributed by atoms with E-state index in [4.69, 9.17) is 9.47 Å². The molecule has 0 atom stereocenters. The summed E-state index contributed by atoms with van der Waals surface area (Å²) in [7, 11) is -10.7. The van der Waals surface area contributed by atoms with Crippen molar-refractivity contribution in [3.05, 3.63) is 96.6 Å². The van der Waals surface area contributed by atoms with Crippen LogP contribution in [0.3, 0.4) is 0 Å². The van der Waals surface area contributed by atoms with Crippen LogP contribution >= 0.6 is 7.81 Å². The maximum absolute atomic E-state index is 11.5. The number of halogens is 7. The first-order valence-corrected chi connectivity index (χ1v) is 15.3. The van der Waals surface area contributed by atoms with Gasteiger partial charge >= 0.3 is 60.2 Å². The van der Waals surface area contributed by atoms with Crippen LogP contribution < -0.4 is 25.9 Å². The number of carbonyl (C=O) groups is 1. The Balaban J connectivity index is 0.000000604. The van der Waals surface area contributed by atoms with Crippen LogP contribution in [0.4, 0.5) is 25.2 Å². The van der Waals surface area contributed by atoms with Crippen LogP contribution in [0, 0.1) is 14.1 Å². The first kappa shape index (κ1) is 30.9. The van der Waals surface area contributed by atoms with Crippen molar-refractivity contribution in [1.29, 1.82) is 0 Å². The van der Waals surface area contributed by atoms with Crippen molar-refractivity contribution in [2.24, 2.45) is 0 Å². The minimum absolute atomic E-state index is 0.0690. The molecule has 37 heavy (non-hydrogen) atoms. The SMILES string of the molecule is CCOC(=O)COc1ccc(C(C)(C)c2ccccc2[I+]c2ccc(C)cc2)cc1.F[P-](F)(F)(F)(F)F. The molecule has 204 valence electrons. The van der Waals surface area contributed by atoms with Crippen molar-refractivity contribution in [2.45, 2.75) is 33.1 Å². The molecule has 3 rings (SSSR count). The molecule has 0 aliphatic heterocycles. The van der Waals surface area contributed by atoms with Gasteiger partial charge in [-0.3, -0.25) is 0 Å². The molecule has 0 unspecified atom stereocenters. The number of hydrogen-bond acceptors (Lipinski definition) is 3. The van der Waals surface area contributed by atoms with E-state index in [1.165, 1.54) is 23.8 Å². The topological polar surface area (TPSA) is 35.5 Å². The number of hydrogen-bond donors (Lipinski definition) is 0.